The van der Waals surface area contributed by atoms with Crippen LogP contribution in [-0.4, -0.2) is 25.6 Å². The van der Waals surface area contributed by atoms with Crippen molar-refractivity contribution in [3.63, 3.8) is 0 Å². The normalized spacial score (nSPS) is 23.8. The minimum atomic E-state index is -1.92. The molecule has 0 heterocycles. The lowest BCUT2D eigenvalue weighted by Gasteiger charge is -2.44. The summed E-state index contributed by atoms with van der Waals surface area (Å²) in [5.74, 6) is 4.17. The van der Waals surface area contributed by atoms with E-state index < -0.39 is 14.4 Å². The fourth-order valence-electron chi connectivity index (χ4n) is 2.65. The van der Waals surface area contributed by atoms with Crippen LogP contribution in [0.5, 0.6) is 0 Å². The van der Waals surface area contributed by atoms with Crippen LogP contribution >= 0.6 is 15.9 Å². The molecule has 0 aromatic rings. The molecule has 2 nitrogen and oxygen atoms in total. The Hall–Kier alpha value is -0.343. The van der Waals surface area contributed by atoms with Gasteiger partial charge in [0.1, 0.15) is 0 Å². The molecule has 0 aliphatic heterocycles. The fraction of sp³-hybridized carbons (Fsp3) is 0.727. The highest BCUT2D eigenvalue weighted by Crippen LogP contribution is 2.42. The third-order valence-corrected chi connectivity index (χ3v) is 10.7. The van der Waals surface area contributed by atoms with E-state index in [4.69, 9.17) is 4.43 Å². The third kappa shape index (κ3) is 6.37. The highest BCUT2D eigenvalue weighted by molar-refractivity contribution is 9.12. The van der Waals surface area contributed by atoms with E-state index >= 15 is 0 Å². The summed E-state index contributed by atoms with van der Waals surface area (Å²) in [5, 5.41) is 11.0. The molecule has 1 rings (SSSR count). The summed E-state index contributed by atoms with van der Waals surface area (Å²) < 4.78 is 6.66. The van der Waals surface area contributed by atoms with Gasteiger partial charge in [0, 0.05) is 27.3 Å². The summed E-state index contributed by atoms with van der Waals surface area (Å²) in [4.78, 5) is 2.80. The van der Waals surface area contributed by atoms with Crippen molar-refractivity contribution in [3.8, 4) is 10.8 Å². The monoisotopic (exact) mass is 440 g/mol. The lowest BCUT2D eigenvalue weighted by atomic mass is 9.79. The molecule has 1 N–H and O–H groups in total. The summed E-state index contributed by atoms with van der Waals surface area (Å²) in [6.45, 7) is 17.5. The average molecular weight is 442 g/mol. The molecule has 1 aliphatic carbocycles. The number of aliphatic hydroxyl groups is 1. The van der Waals surface area contributed by atoms with Crippen molar-refractivity contribution in [1.82, 2.24) is 0 Å². The Kier molecular flexibility index (Phi) is 8.42. The van der Waals surface area contributed by atoms with Gasteiger partial charge in [-0.05, 0) is 48.6 Å². The van der Waals surface area contributed by atoms with Gasteiger partial charge in [0.25, 0.3) is 0 Å². The number of halogens is 1. The second-order valence-electron chi connectivity index (χ2n) is 9.57. The Morgan fingerprint density at radius 3 is 2.38 bits per heavy atom. The molecule has 4 heteroatoms. The predicted molar refractivity (Wildman–Crippen MR) is 119 cm³/mol. The standard InChI is InChI=1S/C22H37BrO2Si/c1-9-11-20(25-26(7,8)21(2,3)4)22(5,6)19(24)13-10-12-17-16-18(17)14-15-23/h9-12,17-20,24H,13,16H2,1-8H3/b11-9+,12-10-/t17-,18+,19-,20-/m0/s1. The van der Waals surface area contributed by atoms with Crippen LogP contribution in [0.3, 0.4) is 0 Å². The van der Waals surface area contributed by atoms with Gasteiger partial charge in [0.15, 0.2) is 8.32 Å². The molecule has 0 aromatic carbocycles. The maximum atomic E-state index is 10.9. The van der Waals surface area contributed by atoms with Crippen LogP contribution < -0.4 is 0 Å². The van der Waals surface area contributed by atoms with E-state index in [0.29, 0.717) is 18.3 Å². The Morgan fingerprint density at radius 2 is 1.88 bits per heavy atom. The number of rotatable bonds is 8. The van der Waals surface area contributed by atoms with Gasteiger partial charge in [0.05, 0.1) is 12.2 Å². The van der Waals surface area contributed by atoms with Crippen LogP contribution in [-0.2, 0) is 4.43 Å². The van der Waals surface area contributed by atoms with Crippen molar-refractivity contribution in [2.75, 3.05) is 0 Å². The Morgan fingerprint density at radius 1 is 1.27 bits per heavy atom. The molecular weight excluding hydrogens is 404 g/mol. The van der Waals surface area contributed by atoms with Gasteiger partial charge in [-0.15, -0.1) is 0 Å². The molecule has 1 saturated carbocycles. The maximum Gasteiger partial charge on any atom is 0.192 e. The van der Waals surface area contributed by atoms with Gasteiger partial charge in [0.2, 0.25) is 0 Å². The molecule has 26 heavy (non-hydrogen) atoms. The molecule has 148 valence electrons. The number of allylic oxidation sites excluding steroid dienone is 2. The van der Waals surface area contributed by atoms with Crippen molar-refractivity contribution in [2.24, 2.45) is 17.3 Å². The van der Waals surface area contributed by atoms with Crippen molar-refractivity contribution >= 4 is 24.2 Å². The van der Waals surface area contributed by atoms with E-state index in [0.717, 1.165) is 6.42 Å². The quantitative estimate of drug-likeness (QED) is 0.273. The van der Waals surface area contributed by atoms with Gasteiger partial charge in [-0.3, -0.25) is 0 Å². The molecular formula is C22H37BrO2Si. The predicted octanol–water partition coefficient (Wildman–Crippen LogP) is 6.28. The van der Waals surface area contributed by atoms with E-state index in [9.17, 15) is 5.11 Å². The first kappa shape index (κ1) is 23.7. The molecule has 0 bridgehead atoms. The lowest BCUT2D eigenvalue weighted by Crippen LogP contribution is -2.50. The highest BCUT2D eigenvalue weighted by atomic mass is 79.9. The molecule has 0 unspecified atom stereocenters. The first-order valence-electron chi connectivity index (χ1n) is 9.63. The molecule has 4 atom stereocenters. The van der Waals surface area contributed by atoms with Crippen molar-refractivity contribution < 1.29 is 9.53 Å². The number of aliphatic hydroxyl groups excluding tert-OH is 1. The van der Waals surface area contributed by atoms with E-state index in [-0.39, 0.29) is 16.6 Å². The average Bonchev–Trinajstić information content (AvgIpc) is 3.23. The Bertz CT molecular complexity index is 575. The van der Waals surface area contributed by atoms with Crippen LogP contribution in [0.4, 0.5) is 0 Å². The molecule has 1 aliphatic rings. The van der Waals surface area contributed by atoms with Crippen LogP contribution in [0.25, 0.3) is 0 Å². The zero-order valence-electron chi connectivity index (χ0n) is 17.8. The smallest absolute Gasteiger partial charge is 0.192 e. The summed E-state index contributed by atoms with van der Waals surface area (Å²) in [7, 11) is -1.92. The van der Waals surface area contributed by atoms with Crippen LogP contribution in [0, 0.1) is 28.0 Å². The minimum Gasteiger partial charge on any atom is -0.410 e. The number of hydrogen-bond acceptors (Lipinski definition) is 2. The molecule has 0 amide bonds. The van der Waals surface area contributed by atoms with Crippen molar-refractivity contribution in [2.45, 2.75) is 84.7 Å². The van der Waals surface area contributed by atoms with Gasteiger partial charge < -0.3 is 9.53 Å². The van der Waals surface area contributed by atoms with Gasteiger partial charge >= 0.3 is 0 Å². The highest BCUT2D eigenvalue weighted by Gasteiger charge is 2.44. The fourth-order valence-corrected chi connectivity index (χ4v) is 4.31. The maximum absolute atomic E-state index is 10.9. The number of hydrogen-bond donors (Lipinski definition) is 1. The first-order valence-corrected chi connectivity index (χ1v) is 13.3. The molecule has 1 fully saturated rings. The minimum absolute atomic E-state index is 0.0928. The topological polar surface area (TPSA) is 29.5 Å². The third-order valence-electron chi connectivity index (χ3n) is 6.01. The zero-order valence-corrected chi connectivity index (χ0v) is 20.4. The molecule has 0 spiro atoms. The summed E-state index contributed by atoms with van der Waals surface area (Å²) >= 11 is 3.16. The van der Waals surface area contributed by atoms with E-state index in [2.05, 4.69) is 92.6 Å². The SMILES string of the molecule is C/C=C/[C@H](O[Si](C)(C)C(C)(C)C)C(C)(C)[C@@H](O)C/C=C\[C@H]1C[C@H]1C#CBr. The van der Waals surface area contributed by atoms with Crippen LogP contribution in [0.15, 0.2) is 24.3 Å². The van der Waals surface area contributed by atoms with Gasteiger partial charge in [-0.1, -0.05) is 64.8 Å². The van der Waals surface area contributed by atoms with E-state index in [1.807, 2.05) is 13.0 Å². The van der Waals surface area contributed by atoms with Crippen LogP contribution in [0.1, 0.15) is 54.4 Å². The molecule has 0 saturated heterocycles. The molecule has 0 radical (unpaired) electrons. The zero-order chi connectivity index (χ0) is 20.2. The van der Waals surface area contributed by atoms with E-state index in [1.165, 1.54) is 0 Å². The second-order valence-corrected chi connectivity index (χ2v) is 14.7. The summed E-state index contributed by atoms with van der Waals surface area (Å²) in [6.07, 6.45) is 9.70. The summed E-state index contributed by atoms with van der Waals surface area (Å²) in [5.41, 5.74) is -0.356. The van der Waals surface area contributed by atoms with Crippen LogP contribution in [0.2, 0.25) is 18.1 Å². The van der Waals surface area contributed by atoms with Gasteiger partial charge in [-0.2, -0.15) is 0 Å². The van der Waals surface area contributed by atoms with Gasteiger partial charge in [-0.25, -0.2) is 0 Å². The Labute approximate surface area is 170 Å². The second kappa shape index (κ2) is 9.23. The van der Waals surface area contributed by atoms with Crippen molar-refractivity contribution in [3.05, 3.63) is 24.3 Å². The largest absolute Gasteiger partial charge is 0.410 e. The summed E-state index contributed by atoms with van der Waals surface area (Å²) in [6, 6.07) is 0. The first-order chi connectivity index (χ1) is 11.9. The lowest BCUT2D eigenvalue weighted by molar-refractivity contribution is -0.0181. The Balaban J connectivity index is 2.78. The van der Waals surface area contributed by atoms with Crippen molar-refractivity contribution in [1.29, 1.82) is 0 Å². The molecule has 0 aromatic heterocycles. The van der Waals surface area contributed by atoms with E-state index in [1.54, 1.807) is 0 Å².